The number of benzene rings is 1. The minimum Gasteiger partial charge on any atom is -0.508 e. The molecule has 20 heavy (non-hydrogen) atoms. The van der Waals surface area contributed by atoms with E-state index >= 15 is 0 Å². The lowest BCUT2D eigenvalue weighted by atomic mass is 10.2. The molecular weight excluding hydrogens is 258 g/mol. The van der Waals surface area contributed by atoms with Crippen LogP contribution in [0.15, 0.2) is 18.2 Å². The van der Waals surface area contributed by atoms with E-state index in [1.807, 2.05) is 7.05 Å². The largest absolute Gasteiger partial charge is 0.508 e. The van der Waals surface area contributed by atoms with Gasteiger partial charge in [0.25, 0.3) is 0 Å². The Balaban J connectivity index is 2.37. The standard InChI is InChI=1S/C13H15N5O2/c1-18(4-5-19)12-10-8-6-7(20)2-3-9(8)15-11(10)16-13(14)17-12/h2-3,6,19-20H,4-5H2,1H3,(H3,14,15,16,17). The van der Waals surface area contributed by atoms with Gasteiger partial charge in [-0.3, -0.25) is 0 Å². The first-order valence-corrected chi connectivity index (χ1v) is 6.20. The van der Waals surface area contributed by atoms with E-state index in [-0.39, 0.29) is 18.3 Å². The minimum atomic E-state index is 0.00943. The number of aromatic hydroxyl groups is 1. The van der Waals surface area contributed by atoms with E-state index in [0.717, 1.165) is 16.3 Å². The van der Waals surface area contributed by atoms with Gasteiger partial charge >= 0.3 is 0 Å². The van der Waals surface area contributed by atoms with Gasteiger partial charge in [0.2, 0.25) is 5.95 Å². The number of phenols is 1. The van der Waals surface area contributed by atoms with Gasteiger partial charge in [0.05, 0.1) is 12.0 Å². The van der Waals surface area contributed by atoms with E-state index < -0.39 is 0 Å². The Morgan fingerprint density at radius 1 is 1.35 bits per heavy atom. The highest BCUT2D eigenvalue weighted by atomic mass is 16.3. The number of fused-ring (bicyclic) bond motifs is 3. The summed E-state index contributed by atoms with van der Waals surface area (Å²) < 4.78 is 0. The van der Waals surface area contributed by atoms with Crippen LogP contribution >= 0.6 is 0 Å². The van der Waals surface area contributed by atoms with E-state index in [1.54, 1.807) is 23.1 Å². The number of rotatable bonds is 3. The second-order valence-corrected chi connectivity index (χ2v) is 4.63. The molecule has 0 aliphatic heterocycles. The number of likely N-dealkylation sites (N-methyl/N-ethyl adjacent to an activating group) is 1. The van der Waals surface area contributed by atoms with Gasteiger partial charge in [-0.2, -0.15) is 9.97 Å². The Bertz CT molecular complexity index is 783. The average molecular weight is 273 g/mol. The van der Waals surface area contributed by atoms with Crippen LogP contribution in [0.5, 0.6) is 5.75 Å². The van der Waals surface area contributed by atoms with Crippen molar-refractivity contribution in [2.24, 2.45) is 0 Å². The van der Waals surface area contributed by atoms with Crippen molar-refractivity contribution in [1.29, 1.82) is 0 Å². The predicted octanol–water partition coefficient (Wildman–Crippen LogP) is 0.827. The molecule has 7 heteroatoms. The number of nitrogen functional groups attached to an aromatic ring is 1. The Kier molecular flexibility index (Phi) is 2.83. The molecular formula is C13H15N5O2. The van der Waals surface area contributed by atoms with Crippen LogP contribution < -0.4 is 10.6 Å². The highest BCUT2D eigenvalue weighted by Crippen LogP contribution is 2.33. The third kappa shape index (κ3) is 1.88. The minimum absolute atomic E-state index is 0.00943. The first-order valence-electron chi connectivity index (χ1n) is 6.20. The predicted molar refractivity (Wildman–Crippen MR) is 77.8 cm³/mol. The smallest absolute Gasteiger partial charge is 0.223 e. The molecule has 3 aromatic rings. The quantitative estimate of drug-likeness (QED) is 0.562. The molecule has 2 aromatic heterocycles. The third-order valence-electron chi connectivity index (χ3n) is 3.23. The topological polar surface area (TPSA) is 111 Å². The highest BCUT2D eigenvalue weighted by molar-refractivity contribution is 6.11. The number of hydrogen-bond donors (Lipinski definition) is 4. The Morgan fingerprint density at radius 3 is 2.90 bits per heavy atom. The van der Waals surface area contributed by atoms with Crippen LogP contribution in [0.2, 0.25) is 0 Å². The summed E-state index contributed by atoms with van der Waals surface area (Å²) in [7, 11) is 1.82. The zero-order valence-electron chi connectivity index (χ0n) is 11.0. The summed E-state index contributed by atoms with van der Waals surface area (Å²) in [5, 5.41) is 20.3. The molecule has 3 rings (SSSR count). The molecule has 0 bridgehead atoms. The third-order valence-corrected chi connectivity index (χ3v) is 3.23. The number of phenolic OH excluding ortho intramolecular Hbond substituents is 1. The summed E-state index contributed by atoms with van der Waals surface area (Å²) in [4.78, 5) is 13.4. The summed E-state index contributed by atoms with van der Waals surface area (Å²) >= 11 is 0. The lowest BCUT2D eigenvalue weighted by molar-refractivity contribution is 0.304. The number of anilines is 2. The summed E-state index contributed by atoms with van der Waals surface area (Å²) in [6.07, 6.45) is 0. The van der Waals surface area contributed by atoms with Crippen LogP contribution in [0.4, 0.5) is 11.8 Å². The number of aliphatic hydroxyl groups is 1. The van der Waals surface area contributed by atoms with Crippen LogP contribution in [0, 0.1) is 0 Å². The molecule has 0 saturated carbocycles. The lowest BCUT2D eigenvalue weighted by Crippen LogP contribution is -2.23. The van der Waals surface area contributed by atoms with Crippen molar-refractivity contribution in [2.75, 3.05) is 30.8 Å². The van der Waals surface area contributed by atoms with Gasteiger partial charge in [-0.25, -0.2) is 0 Å². The molecule has 0 atom stereocenters. The van der Waals surface area contributed by atoms with Gasteiger partial charge in [-0.1, -0.05) is 0 Å². The number of H-pyrrole nitrogens is 1. The monoisotopic (exact) mass is 273 g/mol. The molecule has 0 saturated heterocycles. The summed E-state index contributed by atoms with van der Waals surface area (Å²) in [5.74, 6) is 0.956. The summed E-state index contributed by atoms with van der Waals surface area (Å²) in [6, 6.07) is 5.04. The van der Waals surface area contributed by atoms with Crippen molar-refractivity contribution in [2.45, 2.75) is 0 Å². The van der Waals surface area contributed by atoms with Crippen molar-refractivity contribution in [1.82, 2.24) is 15.0 Å². The van der Waals surface area contributed by atoms with Gasteiger partial charge in [0, 0.05) is 24.5 Å². The van der Waals surface area contributed by atoms with Crippen LogP contribution in [-0.4, -0.2) is 45.4 Å². The van der Waals surface area contributed by atoms with E-state index in [1.165, 1.54) is 0 Å². The molecule has 104 valence electrons. The maximum absolute atomic E-state index is 9.66. The van der Waals surface area contributed by atoms with Crippen LogP contribution in [-0.2, 0) is 0 Å². The Labute approximate surface area is 114 Å². The van der Waals surface area contributed by atoms with Gasteiger partial charge < -0.3 is 25.8 Å². The Hall–Kier alpha value is -2.54. The molecule has 0 aliphatic carbocycles. The summed E-state index contributed by atoms with van der Waals surface area (Å²) in [6.45, 7) is 0.437. The maximum Gasteiger partial charge on any atom is 0.223 e. The molecule has 0 unspecified atom stereocenters. The lowest BCUT2D eigenvalue weighted by Gasteiger charge is -2.17. The molecule has 7 nitrogen and oxygen atoms in total. The van der Waals surface area contributed by atoms with Crippen LogP contribution in [0.25, 0.3) is 21.9 Å². The van der Waals surface area contributed by atoms with Crippen molar-refractivity contribution < 1.29 is 10.2 Å². The summed E-state index contributed by atoms with van der Waals surface area (Å²) in [5.41, 5.74) is 7.18. The number of aromatic amines is 1. The zero-order valence-corrected chi connectivity index (χ0v) is 11.0. The van der Waals surface area contributed by atoms with Gasteiger partial charge in [0.15, 0.2) is 0 Å². The number of aromatic nitrogens is 3. The Morgan fingerprint density at radius 2 is 2.15 bits per heavy atom. The number of aliphatic hydroxyl groups excluding tert-OH is 1. The van der Waals surface area contributed by atoms with E-state index in [9.17, 15) is 5.11 Å². The molecule has 0 fully saturated rings. The van der Waals surface area contributed by atoms with Crippen LogP contribution in [0.3, 0.4) is 0 Å². The fraction of sp³-hybridized carbons (Fsp3) is 0.231. The van der Waals surface area contributed by atoms with Gasteiger partial charge in [-0.15, -0.1) is 0 Å². The van der Waals surface area contributed by atoms with Crippen molar-refractivity contribution in [3.8, 4) is 5.75 Å². The van der Waals surface area contributed by atoms with E-state index in [4.69, 9.17) is 10.8 Å². The van der Waals surface area contributed by atoms with Crippen molar-refractivity contribution >= 4 is 33.7 Å². The van der Waals surface area contributed by atoms with Gasteiger partial charge in [-0.05, 0) is 18.2 Å². The number of nitrogens with two attached hydrogens (primary N) is 1. The molecule has 0 radical (unpaired) electrons. The number of hydrogen-bond acceptors (Lipinski definition) is 6. The number of nitrogens with zero attached hydrogens (tertiary/aromatic N) is 3. The van der Waals surface area contributed by atoms with Crippen molar-refractivity contribution in [3.63, 3.8) is 0 Å². The van der Waals surface area contributed by atoms with E-state index in [2.05, 4.69) is 15.0 Å². The molecule has 0 amide bonds. The number of nitrogens with one attached hydrogen (secondary N) is 1. The second kappa shape index (κ2) is 4.53. The zero-order chi connectivity index (χ0) is 14.3. The molecule has 1 aromatic carbocycles. The molecule has 0 spiro atoms. The molecule has 0 aliphatic rings. The van der Waals surface area contributed by atoms with Crippen LogP contribution in [0.1, 0.15) is 0 Å². The fourth-order valence-electron chi connectivity index (χ4n) is 2.31. The fourth-order valence-corrected chi connectivity index (χ4v) is 2.31. The maximum atomic E-state index is 9.66. The normalized spacial score (nSPS) is 11.3. The first kappa shape index (κ1) is 12.5. The first-order chi connectivity index (χ1) is 9.60. The van der Waals surface area contributed by atoms with E-state index in [0.29, 0.717) is 18.0 Å². The van der Waals surface area contributed by atoms with Gasteiger partial charge in [0.1, 0.15) is 17.2 Å². The molecule has 2 heterocycles. The average Bonchev–Trinajstić information content (AvgIpc) is 2.75. The molecule has 5 N–H and O–H groups in total. The SMILES string of the molecule is CN(CCO)c1nc(N)nc2[nH]c3ccc(O)cc3c12. The highest BCUT2D eigenvalue weighted by Gasteiger charge is 2.16. The van der Waals surface area contributed by atoms with Crippen molar-refractivity contribution in [3.05, 3.63) is 18.2 Å². The second-order valence-electron chi connectivity index (χ2n) is 4.63.